The van der Waals surface area contributed by atoms with Crippen molar-refractivity contribution < 1.29 is 23.0 Å². The Morgan fingerprint density at radius 3 is 2.57 bits per heavy atom. The van der Waals surface area contributed by atoms with Gasteiger partial charge in [-0.05, 0) is 23.8 Å². The van der Waals surface area contributed by atoms with Gasteiger partial charge in [0, 0.05) is 6.92 Å². The Kier molecular flexibility index (Phi) is 4.27. The second kappa shape index (κ2) is 6.12. The van der Waals surface area contributed by atoms with Crippen molar-refractivity contribution in [1.82, 2.24) is 5.16 Å². The monoisotopic (exact) mass is 296 g/mol. The number of rotatable bonds is 5. The number of hydrogen-bond acceptors (Lipinski definition) is 5. The maximum atomic E-state index is 12.0. The van der Waals surface area contributed by atoms with Crippen LogP contribution in [0.2, 0.25) is 0 Å². The highest BCUT2D eigenvalue weighted by Crippen LogP contribution is 2.24. The largest absolute Gasteiger partial charge is 0.435 e. The van der Waals surface area contributed by atoms with Crippen LogP contribution < -0.4 is 4.74 Å². The molecule has 1 aromatic carbocycles. The minimum absolute atomic E-state index is 0.0328. The maximum absolute atomic E-state index is 12.0. The van der Waals surface area contributed by atoms with Crippen molar-refractivity contribution in [1.29, 1.82) is 0 Å². The molecule has 2 rings (SSSR count). The summed E-state index contributed by atoms with van der Waals surface area (Å²) < 4.78 is 33.0. The number of nitrogens with zero attached hydrogens (tertiary/aromatic N) is 2. The van der Waals surface area contributed by atoms with Gasteiger partial charge in [0.1, 0.15) is 5.75 Å². The first kappa shape index (κ1) is 14.6. The van der Waals surface area contributed by atoms with E-state index in [-0.39, 0.29) is 22.9 Å². The smallest absolute Gasteiger partial charge is 0.387 e. The Morgan fingerprint density at radius 2 is 2.00 bits per heavy atom. The maximum Gasteiger partial charge on any atom is 0.387 e. The van der Waals surface area contributed by atoms with Gasteiger partial charge in [-0.2, -0.15) is 8.78 Å². The Bertz CT molecular complexity index is 665. The number of halogens is 2. The highest BCUT2D eigenvalue weighted by Gasteiger charge is 2.21. The van der Waals surface area contributed by atoms with Crippen LogP contribution in [0.25, 0.3) is 12.2 Å². The van der Waals surface area contributed by atoms with E-state index in [9.17, 15) is 18.9 Å². The predicted octanol–water partition coefficient (Wildman–Crippen LogP) is 3.66. The molecule has 0 aliphatic carbocycles. The van der Waals surface area contributed by atoms with Crippen molar-refractivity contribution >= 4 is 17.8 Å². The van der Waals surface area contributed by atoms with E-state index in [1.807, 2.05) is 0 Å². The quantitative estimate of drug-likeness (QED) is 0.621. The van der Waals surface area contributed by atoms with Gasteiger partial charge in [0.25, 0.3) is 0 Å². The summed E-state index contributed by atoms with van der Waals surface area (Å²) >= 11 is 0. The van der Waals surface area contributed by atoms with Crippen LogP contribution in [0, 0.1) is 17.0 Å². The lowest BCUT2D eigenvalue weighted by molar-refractivity contribution is -0.386. The van der Waals surface area contributed by atoms with Gasteiger partial charge in [0.15, 0.2) is 5.69 Å². The van der Waals surface area contributed by atoms with Crippen LogP contribution in [0.3, 0.4) is 0 Å². The molecule has 0 atom stereocenters. The number of nitro groups is 1. The van der Waals surface area contributed by atoms with Gasteiger partial charge in [-0.1, -0.05) is 23.4 Å². The second-order valence-corrected chi connectivity index (χ2v) is 4.01. The van der Waals surface area contributed by atoms with E-state index in [1.54, 1.807) is 6.08 Å². The summed E-state index contributed by atoms with van der Waals surface area (Å²) in [4.78, 5) is 10.3. The molecule has 0 spiro atoms. The second-order valence-electron chi connectivity index (χ2n) is 4.01. The van der Waals surface area contributed by atoms with Gasteiger partial charge in [-0.15, -0.1) is 0 Å². The van der Waals surface area contributed by atoms with Crippen LogP contribution in [-0.2, 0) is 0 Å². The van der Waals surface area contributed by atoms with Crippen molar-refractivity contribution in [3.63, 3.8) is 0 Å². The van der Waals surface area contributed by atoms with Crippen LogP contribution in [-0.4, -0.2) is 16.7 Å². The summed E-state index contributed by atoms with van der Waals surface area (Å²) in [5.74, 6) is 0.144. The first-order chi connectivity index (χ1) is 9.97. The molecule has 0 aliphatic heterocycles. The van der Waals surface area contributed by atoms with E-state index in [0.717, 1.165) is 0 Å². The van der Waals surface area contributed by atoms with Crippen molar-refractivity contribution in [2.75, 3.05) is 0 Å². The van der Waals surface area contributed by atoms with Gasteiger partial charge in [0.2, 0.25) is 5.76 Å². The minimum atomic E-state index is -2.88. The summed E-state index contributed by atoms with van der Waals surface area (Å²) in [6, 6.07) is 5.81. The molecule has 8 heteroatoms. The lowest BCUT2D eigenvalue weighted by Crippen LogP contribution is -2.01. The average molecular weight is 296 g/mol. The number of alkyl halides is 2. The fraction of sp³-hybridized carbons (Fsp3) is 0.154. The number of aromatic nitrogens is 1. The third-order valence-electron chi connectivity index (χ3n) is 2.58. The Hall–Kier alpha value is -2.77. The first-order valence-corrected chi connectivity index (χ1v) is 5.81. The fourth-order valence-electron chi connectivity index (χ4n) is 1.65. The molecule has 0 amide bonds. The van der Waals surface area contributed by atoms with Crippen molar-refractivity contribution in [3.8, 4) is 5.75 Å². The molecular weight excluding hydrogens is 286 g/mol. The summed E-state index contributed by atoms with van der Waals surface area (Å²) in [7, 11) is 0. The molecular formula is C13H10F2N2O4. The zero-order valence-corrected chi connectivity index (χ0v) is 10.8. The molecule has 1 heterocycles. The van der Waals surface area contributed by atoms with E-state index >= 15 is 0 Å². The molecule has 6 nitrogen and oxygen atoms in total. The zero-order valence-electron chi connectivity index (χ0n) is 10.8. The van der Waals surface area contributed by atoms with Crippen LogP contribution in [0.15, 0.2) is 28.8 Å². The average Bonchev–Trinajstić information content (AvgIpc) is 2.78. The number of benzene rings is 1. The molecule has 0 bridgehead atoms. The Labute approximate surface area is 117 Å². The van der Waals surface area contributed by atoms with E-state index in [4.69, 9.17) is 4.52 Å². The molecule has 0 fully saturated rings. The molecule has 0 saturated heterocycles. The Morgan fingerprint density at radius 1 is 1.33 bits per heavy atom. The molecule has 21 heavy (non-hydrogen) atoms. The molecule has 0 radical (unpaired) electrons. The molecule has 0 unspecified atom stereocenters. The van der Waals surface area contributed by atoms with E-state index in [2.05, 4.69) is 9.89 Å². The molecule has 0 saturated carbocycles. The summed E-state index contributed by atoms with van der Waals surface area (Å²) in [5, 5.41) is 14.4. The van der Waals surface area contributed by atoms with Crippen LogP contribution in [0.5, 0.6) is 5.75 Å². The fourth-order valence-corrected chi connectivity index (χ4v) is 1.65. The standard InChI is InChI=1S/C13H10F2N2O4/c1-8-12(17(18)19)11(16-21-8)7-4-9-2-5-10(6-3-9)20-13(14)15/h2-7,13H,1H3. The minimum Gasteiger partial charge on any atom is -0.435 e. The molecule has 0 aliphatic rings. The lowest BCUT2D eigenvalue weighted by atomic mass is 10.2. The van der Waals surface area contributed by atoms with Gasteiger partial charge in [-0.3, -0.25) is 10.1 Å². The summed E-state index contributed by atoms with van der Waals surface area (Å²) in [6.45, 7) is -1.44. The molecule has 0 N–H and O–H groups in total. The molecule has 1 aromatic heterocycles. The van der Waals surface area contributed by atoms with E-state index in [0.29, 0.717) is 5.56 Å². The van der Waals surface area contributed by atoms with Crippen LogP contribution in [0.4, 0.5) is 14.5 Å². The van der Waals surface area contributed by atoms with Gasteiger partial charge in [-0.25, -0.2) is 0 Å². The van der Waals surface area contributed by atoms with E-state index in [1.165, 1.54) is 37.3 Å². The highest BCUT2D eigenvalue weighted by atomic mass is 19.3. The molecule has 2 aromatic rings. The normalized spacial score (nSPS) is 11.2. The van der Waals surface area contributed by atoms with Crippen molar-refractivity contribution in [3.05, 3.63) is 51.4 Å². The van der Waals surface area contributed by atoms with Crippen molar-refractivity contribution in [2.45, 2.75) is 13.5 Å². The van der Waals surface area contributed by atoms with Crippen molar-refractivity contribution in [2.24, 2.45) is 0 Å². The Balaban J connectivity index is 2.16. The number of hydrogen-bond donors (Lipinski definition) is 0. The first-order valence-electron chi connectivity index (χ1n) is 5.81. The van der Waals surface area contributed by atoms with E-state index < -0.39 is 11.5 Å². The SMILES string of the molecule is Cc1onc(C=Cc2ccc(OC(F)F)cc2)c1[N+](=O)[O-]. The van der Waals surface area contributed by atoms with Gasteiger partial charge in [0.05, 0.1) is 4.92 Å². The van der Waals surface area contributed by atoms with Gasteiger partial charge < -0.3 is 9.26 Å². The molecule has 110 valence electrons. The third-order valence-corrected chi connectivity index (χ3v) is 2.58. The van der Waals surface area contributed by atoms with Crippen LogP contribution >= 0.6 is 0 Å². The zero-order chi connectivity index (χ0) is 15.4. The summed E-state index contributed by atoms with van der Waals surface area (Å²) in [6.07, 6.45) is 2.97. The number of ether oxygens (including phenoxy) is 1. The number of aryl methyl sites for hydroxylation is 1. The predicted molar refractivity (Wildman–Crippen MR) is 69.9 cm³/mol. The van der Waals surface area contributed by atoms with Crippen LogP contribution in [0.1, 0.15) is 17.0 Å². The topological polar surface area (TPSA) is 78.4 Å². The van der Waals surface area contributed by atoms with Gasteiger partial charge >= 0.3 is 12.3 Å². The lowest BCUT2D eigenvalue weighted by Gasteiger charge is -2.03. The highest BCUT2D eigenvalue weighted by molar-refractivity contribution is 5.72. The summed E-state index contributed by atoms with van der Waals surface area (Å²) in [5.41, 5.74) is 0.529. The third kappa shape index (κ3) is 3.62.